The van der Waals surface area contributed by atoms with E-state index in [0.29, 0.717) is 0 Å². The van der Waals surface area contributed by atoms with Crippen molar-refractivity contribution < 1.29 is 0 Å². The number of imidazole rings is 1. The Kier molecular flexibility index (Phi) is 2.97. The van der Waals surface area contributed by atoms with E-state index in [2.05, 4.69) is 20.3 Å². The highest BCUT2D eigenvalue weighted by atomic mass is 15.1. The van der Waals surface area contributed by atoms with Gasteiger partial charge >= 0.3 is 0 Å². The van der Waals surface area contributed by atoms with Crippen LogP contribution in [0.1, 0.15) is 11.4 Å². The van der Waals surface area contributed by atoms with Gasteiger partial charge in [0.1, 0.15) is 0 Å². The van der Waals surface area contributed by atoms with E-state index in [1.807, 2.05) is 37.5 Å². The number of nitrogens with zero attached hydrogens (tertiary/aromatic N) is 2. The topological polar surface area (TPSA) is 53.6 Å². The smallest absolute Gasteiger partial charge is 0.200 e. The van der Waals surface area contributed by atoms with Crippen molar-refractivity contribution in [3.63, 3.8) is 0 Å². The molecule has 0 aliphatic heterocycles. The van der Waals surface area contributed by atoms with Gasteiger partial charge in [0.15, 0.2) is 5.95 Å². The highest BCUT2D eigenvalue weighted by molar-refractivity contribution is 5.25. The molecule has 0 spiro atoms. The Hall–Kier alpha value is -1.84. The number of pyridine rings is 1. The Bertz CT molecular complexity index is 408. The fraction of sp³-hybridized carbons (Fsp3) is 0.273. The molecular weight excluding hydrogens is 188 g/mol. The maximum Gasteiger partial charge on any atom is 0.200 e. The first-order valence-corrected chi connectivity index (χ1v) is 5.00. The van der Waals surface area contributed by atoms with Crippen molar-refractivity contribution >= 4 is 5.95 Å². The van der Waals surface area contributed by atoms with Crippen LogP contribution in [-0.2, 0) is 6.42 Å². The van der Waals surface area contributed by atoms with Crippen LogP contribution in [0.25, 0.3) is 0 Å². The number of aromatic amines is 1. The molecule has 0 aromatic carbocycles. The monoisotopic (exact) mass is 202 g/mol. The average molecular weight is 202 g/mol. The van der Waals surface area contributed by atoms with E-state index in [1.54, 1.807) is 0 Å². The molecule has 0 saturated heterocycles. The third-order valence-electron chi connectivity index (χ3n) is 2.10. The van der Waals surface area contributed by atoms with Crippen LogP contribution in [0.3, 0.4) is 0 Å². The molecule has 0 amide bonds. The van der Waals surface area contributed by atoms with Crippen LogP contribution < -0.4 is 5.32 Å². The maximum atomic E-state index is 4.24. The quantitative estimate of drug-likeness (QED) is 0.794. The third-order valence-corrected chi connectivity index (χ3v) is 2.10. The fourth-order valence-electron chi connectivity index (χ4n) is 1.36. The standard InChI is InChI=1S/C11H14N4/c1-9-8-14-11(15-9)13-7-5-10-4-2-3-6-12-10/h2-4,6,8H,5,7H2,1H3,(H2,13,14,15). The van der Waals surface area contributed by atoms with Crippen molar-refractivity contribution in [3.05, 3.63) is 42.0 Å². The lowest BCUT2D eigenvalue weighted by atomic mass is 10.3. The predicted octanol–water partition coefficient (Wildman–Crippen LogP) is 1.77. The lowest BCUT2D eigenvalue weighted by Crippen LogP contribution is -2.06. The molecule has 15 heavy (non-hydrogen) atoms. The lowest BCUT2D eigenvalue weighted by molar-refractivity contribution is 0.947. The molecule has 0 aliphatic carbocycles. The first-order chi connectivity index (χ1) is 7.34. The third kappa shape index (κ3) is 2.80. The van der Waals surface area contributed by atoms with E-state index in [4.69, 9.17) is 0 Å². The second-order valence-electron chi connectivity index (χ2n) is 3.41. The van der Waals surface area contributed by atoms with Crippen molar-refractivity contribution in [2.24, 2.45) is 0 Å². The number of anilines is 1. The van der Waals surface area contributed by atoms with Crippen molar-refractivity contribution in [2.75, 3.05) is 11.9 Å². The number of nitrogens with one attached hydrogen (secondary N) is 2. The predicted molar refractivity (Wildman–Crippen MR) is 59.8 cm³/mol. The molecule has 2 N–H and O–H groups in total. The SMILES string of the molecule is Cc1cnc(NCCc2ccccn2)[nH]1. The van der Waals surface area contributed by atoms with Gasteiger partial charge in [-0.3, -0.25) is 4.98 Å². The summed E-state index contributed by atoms with van der Waals surface area (Å²) in [5, 5.41) is 3.21. The Morgan fingerprint density at radius 2 is 2.27 bits per heavy atom. The summed E-state index contributed by atoms with van der Waals surface area (Å²) in [7, 11) is 0. The van der Waals surface area contributed by atoms with Crippen LogP contribution in [0.2, 0.25) is 0 Å². The van der Waals surface area contributed by atoms with Crippen LogP contribution in [-0.4, -0.2) is 21.5 Å². The van der Waals surface area contributed by atoms with Gasteiger partial charge in [0.25, 0.3) is 0 Å². The molecule has 2 aromatic heterocycles. The van der Waals surface area contributed by atoms with Gasteiger partial charge in [0.05, 0.1) is 0 Å². The number of hydrogen-bond donors (Lipinski definition) is 2. The van der Waals surface area contributed by atoms with Gasteiger partial charge < -0.3 is 10.3 Å². The largest absolute Gasteiger partial charge is 0.355 e. The summed E-state index contributed by atoms with van der Waals surface area (Å²) in [5.41, 5.74) is 2.16. The van der Waals surface area contributed by atoms with Gasteiger partial charge in [-0.05, 0) is 19.1 Å². The molecular formula is C11H14N4. The number of rotatable bonds is 4. The summed E-state index contributed by atoms with van der Waals surface area (Å²) < 4.78 is 0. The van der Waals surface area contributed by atoms with E-state index in [9.17, 15) is 0 Å². The molecule has 0 bridgehead atoms. The fourth-order valence-corrected chi connectivity index (χ4v) is 1.36. The van der Waals surface area contributed by atoms with E-state index in [0.717, 1.165) is 30.3 Å². The highest BCUT2D eigenvalue weighted by Gasteiger charge is 1.96. The second kappa shape index (κ2) is 4.59. The minimum Gasteiger partial charge on any atom is -0.355 e. The molecule has 78 valence electrons. The molecule has 0 aliphatic rings. The van der Waals surface area contributed by atoms with Gasteiger partial charge in [-0.2, -0.15) is 0 Å². The Morgan fingerprint density at radius 1 is 1.33 bits per heavy atom. The van der Waals surface area contributed by atoms with E-state index >= 15 is 0 Å². The first kappa shape index (κ1) is 9.71. The Labute approximate surface area is 88.8 Å². The Balaban J connectivity index is 1.80. The second-order valence-corrected chi connectivity index (χ2v) is 3.41. The number of H-pyrrole nitrogens is 1. The molecule has 0 atom stereocenters. The van der Waals surface area contributed by atoms with Gasteiger partial charge in [0, 0.05) is 36.7 Å². The van der Waals surface area contributed by atoms with E-state index in [-0.39, 0.29) is 0 Å². The van der Waals surface area contributed by atoms with E-state index in [1.165, 1.54) is 0 Å². The molecule has 2 rings (SSSR count). The van der Waals surface area contributed by atoms with E-state index < -0.39 is 0 Å². The number of aromatic nitrogens is 3. The van der Waals surface area contributed by atoms with Gasteiger partial charge in [-0.15, -0.1) is 0 Å². The lowest BCUT2D eigenvalue weighted by Gasteiger charge is -2.01. The maximum absolute atomic E-state index is 4.24. The van der Waals surface area contributed by atoms with Crippen LogP contribution in [0, 0.1) is 6.92 Å². The summed E-state index contributed by atoms with van der Waals surface area (Å²) in [6, 6.07) is 5.95. The molecule has 0 fully saturated rings. The van der Waals surface area contributed by atoms with Gasteiger partial charge in [-0.25, -0.2) is 4.98 Å². The first-order valence-electron chi connectivity index (χ1n) is 5.00. The number of aryl methyl sites for hydroxylation is 1. The number of hydrogen-bond acceptors (Lipinski definition) is 3. The van der Waals surface area contributed by atoms with Crippen molar-refractivity contribution in [1.29, 1.82) is 0 Å². The molecule has 0 saturated carbocycles. The molecule has 0 unspecified atom stereocenters. The average Bonchev–Trinajstić information content (AvgIpc) is 2.66. The summed E-state index contributed by atoms with van der Waals surface area (Å²) in [6.07, 6.45) is 4.52. The van der Waals surface area contributed by atoms with Crippen LogP contribution >= 0.6 is 0 Å². The molecule has 0 radical (unpaired) electrons. The Morgan fingerprint density at radius 3 is 2.93 bits per heavy atom. The zero-order valence-electron chi connectivity index (χ0n) is 8.70. The van der Waals surface area contributed by atoms with Crippen molar-refractivity contribution in [1.82, 2.24) is 15.0 Å². The van der Waals surface area contributed by atoms with Crippen LogP contribution in [0.5, 0.6) is 0 Å². The van der Waals surface area contributed by atoms with Crippen LogP contribution in [0.4, 0.5) is 5.95 Å². The highest BCUT2D eigenvalue weighted by Crippen LogP contribution is 2.01. The molecule has 2 heterocycles. The zero-order valence-corrected chi connectivity index (χ0v) is 8.70. The van der Waals surface area contributed by atoms with Crippen LogP contribution in [0.15, 0.2) is 30.6 Å². The zero-order chi connectivity index (χ0) is 10.5. The molecule has 2 aromatic rings. The minimum absolute atomic E-state index is 0.823. The van der Waals surface area contributed by atoms with Gasteiger partial charge in [-0.1, -0.05) is 6.07 Å². The summed E-state index contributed by atoms with van der Waals surface area (Å²) in [6.45, 7) is 2.82. The van der Waals surface area contributed by atoms with Crippen molar-refractivity contribution in [2.45, 2.75) is 13.3 Å². The summed E-state index contributed by atoms with van der Waals surface area (Å²) in [4.78, 5) is 11.5. The van der Waals surface area contributed by atoms with Crippen molar-refractivity contribution in [3.8, 4) is 0 Å². The molecule has 4 heteroatoms. The minimum atomic E-state index is 0.823. The summed E-state index contributed by atoms with van der Waals surface area (Å²) in [5.74, 6) is 0.823. The normalized spacial score (nSPS) is 10.2. The van der Waals surface area contributed by atoms with Gasteiger partial charge in [0.2, 0.25) is 0 Å². The molecule has 4 nitrogen and oxygen atoms in total. The summed E-state index contributed by atoms with van der Waals surface area (Å²) >= 11 is 0.